The van der Waals surface area contributed by atoms with Crippen LogP contribution in [0.2, 0.25) is 0 Å². The summed E-state index contributed by atoms with van der Waals surface area (Å²) in [5.41, 5.74) is 6.00. The number of aryl methyl sites for hydroxylation is 1. The largest absolute Gasteiger partial charge is 0.324 e. The Morgan fingerprint density at radius 3 is 2.55 bits per heavy atom. The van der Waals surface area contributed by atoms with Crippen LogP contribution < -0.4 is 10.6 Å². The number of carbonyl (C=O) groups excluding carboxylic acids is 1. The van der Waals surface area contributed by atoms with E-state index in [0.717, 1.165) is 59.7 Å². The van der Waals surface area contributed by atoms with Gasteiger partial charge in [-0.15, -0.1) is 0 Å². The summed E-state index contributed by atoms with van der Waals surface area (Å²) in [5, 5.41) is 6.30. The van der Waals surface area contributed by atoms with Gasteiger partial charge in [0, 0.05) is 78.3 Å². The van der Waals surface area contributed by atoms with Gasteiger partial charge < -0.3 is 15.5 Å². The molecule has 9 heteroatoms. The SMILES string of the molecule is Cc1ccc(NC(=O)c2ccc(CN3CCN(C)CC3)cc2)cc1Nc1nccc(-c2cncc(Br)c2)n1. The van der Waals surface area contributed by atoms with Crippen molar-refractivity contribution in [2.45, 2.75) is 13.5 Å². The van der Waals surface area contributed by atoms with Crippen LogP contribution in [0.3, 0.4) is 0 Å². The van der Waals surface area contributed by atoms with E-state index in [1.165, 1.54) is 5.56 Å². The van der Waals surface area contributed by atoms with Gasteiger partial charge in [0.1, 0.15) is 0 Å². The van der Waals surface area contributed by atoms with Crippen molar-refractivity contribution in [1.82, 2.24) is 24.8 Å². The third-order valence-electron chi connectivity index (χ3n) is 6.62. The number of halogens is 1. The van der Waals surface area contributed by atoms with Gasteiger partial charge in [-0.25, -0.2) is 9.97 Å². The molecule has 38 heavy (non-hydrogen) atoms. The van der Waals surface area contributed by atoms with E-state index >= 15 is 0 Å². The number of amides is 1. The van der Waals surface area contributed by atoms with Crippen LogP contribution in [-0.2, 0) is 6.54 Å². The fourth-order valence-corrected chi connectivity index (χ4v) is 4.68. The summed E-state index contributed by atoms with van der Waals surface area (Å²) < 4.78 is 0.882. The molecule has 0 saturated carbocycles. The van der Waals surface area contributed by atoms with Gasteiger partial charge in [-0.3, -0.25) is 14.7 Å². The molecule has 1 aliphatic rings. The lowest BCUT2D eigenvalue weighted by Gasteiger charge is -2.32. The van der Waals surface area contributed by atoms with E-state index < -0.39 is 0 Å². The Balaban J connectivity index is 1.24. The molecule has 1 amide bonds. The van der Waals surface area contributed by atoms with Gasteiger partial charge in [0.15, 0.2) is 0 Å². The molecule has 2 aromatic carbocycles. The third-order valence-corrected chi connectivity index (χ3v) is 7.05. The predicted molar refractivity (Wildman–Crippen MR) is 155 cm³/mol. The van der Waals surface area contributed by atoms with Crippen LogP contribution in [0.25, 0.3) is 11.3 Å². The third kappa shape index (κ3) is 6.61. The molecule has 1 fully saturated rings. The minimum Gasteiger partial charge on any atom is -0.324 e. The lowest BCUT2D eigenvalue weighted by Crippen LogP contribution is -2.43. The fraction of sp³-hybridized carbons (Fsp3) is 0.241. The zero-order valence-electron chi connectivity index (χ0n) is 21.5. The van der Waals surface area contributed by atoms with E-state index in [9.17, 15) is 4.79 Å². The summed E-state index contributed by atoms with van der Waals surface area (Å²) in [7, 11) is 2.16. The summed E-state index contributed by atoms with van der Waals surface area (Å²) in [6, 6.07) is 17.4. The van der Waals surface area contributed by atoms with Crippen LogP contribution in [0, 0.1) is 6.92 Å². The molecule has 0 aliphatic carbocycles. The van der Waals surface area contributed by atoms with Gasteiger partial charge in [0.2, 0.25) is 5.95 Å². The average molecular weight is 573 g/mol. The Kier molecular flexibility index (Phi) is 8.07. The second kappa shape index (κ2) is 11.8. The zero-order valence-corrected chi connectivity index (χ0v) is 23.1. The van der Waals surface area contributed by atoms with Crippen LogP contribution >= 0.6 is 15.9 Å². The molecule has 4 aromatic rings. The van der Waals surface area contributed by atoms with E-state index in [1.54, 1.807) is 18.6 Å². The fourth-order valence-electron chi connectivity index (χ4n) is 4.32. The molecule has 0 spiro atoms. The first-order valence-electron chi connectivity index (χ1n) is 12.6. The van der Waals surface area contributed by atoms with Crippen LogP contribution in [0.15, 0.2) is 77.7 Å². The summed E-state index contributed by atoms with van der Waals surface area (Å²) in [5.74, 6) is 0.316. The number of likely N-dealkylation sites (N-methyl/N-ethyl adjacent to an activating group) is 1. The van der Waals surface area contributed by atoms with E-state index in [1.807, 2.05) is 61.5 Å². The summed E-state index contributed by atoms with van der Waals surface area (Å²) >= 11 is 3.45. The first-order valence-corrected chi connectivity index (χ1v) is 13.3. The van der Waals surface area contributed by atoms with Crippen LogP contribution in [0.4, 0.5) is 17.3 Å². The number of benzene rings is 2. The highest BCUT2D eigenvalue weighted by Crippen LogP contribution is 2.25. The van der Waals surface area contributed by atoms with E-state index in [-0.39, 0.29) is 5.91 Å². The lowest BCUT2D eigenvalue weighted by atomic mass is 10.1. The van der Waals surface area contributed by atoms with Crippen molar-refractivity contribution in [3.63, 3.8) is 0 Å². The number of anilines is 3. The highest BCUT2D eigenvalue weighted by Gasteiger charge is 2.14. The number of nitrogens with one attached hydrogen (secondary N) is 2. The molecule has 0 unspecified atom stereocenters. The Bertz CT molecular complexity index is 1420. The maximum Gasteiger partial charge on any atom is 0.255 e. The number of rotatable bonds is 7. The topological polar surface area (TPSA) is 86.3 Å². The van der Waals surface area contributed by atoms with Crippen molar-refractivity contribution in [3.8, 4) is 11.3 Å². The van der Waals surface area contributed by atoms with E-state index in [0.29, 0.717) is 17.2 Å². The highest BCUT2D eigenvalue weighted by atomic mass is 79.9. The van der Waals surface area contributed by atoms with Gasteiger partial charge in [-0.2, -0.15) is 0 Å². The van der Waals surface area contributed by atoms with E-state index in [2.05, 4.69) is 58.4 Å². The minimum absolute atomic E-state index is 0.147. The summed E-state index contributed by atoms with van der Waals surface area (Å²) in [6.45, 7) is 7.22. The van der Waals surface area contributed by atoms with Crippen LogP contribution in [-0.4, -0.2) is 63.9 Å². The molecule has 0 bridgehead atoms. The van der Waals surface area contributed by atoms with Gasteiger partial charge in [-0.05, 0) is 77.4 Å². The molecular formula is C29H30BrN7O. The van der Waals surface area contributed by atoms with Gasteiger partial charge in [-0.1, -0.05) is 18.2 Å². The molecule has 2 N–H and O–H groups in total. The van der Waals surface area contributed by atoms with Crippen LogP contribution in [0.5, 0.6) is 0 Å². The monoisotopic (exact) mass is 571 g/mol. The molecule has 0 atom stereocenters. The Hall–Kier alpha value is -3.66. The Morgan fingerprint density at radius 2 is 1.79 bits per heavy atom. The van der Waals surface area contributed by atoms with Crippen molar-refractivity contribution in [1.29, 1.82) is 0 Å². The van der Waals surface area contributed by atoms with Gasteiger partial charge in [0.25, 0.3) is 5.91 Å². The van der Waals surface area contributed by atoms with Crippen molar-refractivity contribution >= 4 is 39.2 Å². The number of nitrogens with zero attached hydrogens (tertiary/aromatic N) is 5. The predicted octanol–water partition coefficient (Wildman–Crippen LogP) is 5.35. The first kappa shape index (κ1) is 26.0. The number of hydrogen-bond acceptors (Lipinski definition) is 7. The molecule has 194 valence electrons. The highest BCUT2D eigenvalue weighted by molar-refractivity contribution is 9.10. The number of carbonyl (C=O) groups is 1. The number of piperazine rings is 1. The van der Waals surface area contributed by atoms with Crippen molar-refractivity contribution in [2.24, 2.45) is 0 Å². The zero-order chi connectivity index (χ0) is 26.5. The summed E-state index contributed by atoms with van der Waals surface area (Å²) in [6.07, 6.45) is 5.20. The summed E-state index contributed by atoms with van der Waals surface area (Å²) in [4.78, 5) is 31.0. The first-order chi connectivity index (χ1) is 18.4. The Labute approximate surface area is 231 Å². The van der Waals surface area contributed by atoms with Gasteiger partial charge in [0.05, 0.1) is 5.69 Å². The standard InChI is InChI=1S/C29H30BrN7O/c1-20-3-8-25(16-27(20)35-29-32-10-9-26(34-29)23-15-24(30)18-31-17-23)33-28(38)22-6-4-21(5-7-22)19-37-13-11-36(2)12-14-37/h3-10,15-18H,11-14,19H2,1-2H3,(H,33,38)(H,32,34,35). The molecule has 1 saturated heterocycles. The van der Waals surface area contributed by atoms with Crippen molar-refractivity contribution < 1.29 is 4.79 Å². The number of aromatic nitrogens is 3. The normalized spacial score (nSPS) is 14.3. The van der Waals surface area contributed by atoms with Gasteiger partial charge >= 0.3 is 0 Å². The second-order valence-corrected chi connectivity index (χ2v) is 10.5. The molecule has 1 aliphatic heterocycles. The quantitative estimate of drug-likeness (QED) is 0.309. The maximum absolute atomic E-state index is 13.0. The smallest absolute Gasteiger partial charge is 0.255 e. The van der Waals surface area contributed by atoms with E-state index in [4.69, 9.17) is 0 Å². The maximum atomic E-state index is 13.0. The molecule has 3 heterocycles. The minimum atomic E-state index is -0.147. The lowest BCUT2D eigenvalue weighted by molar-refractivity contribution is 0.102. The van der Waals surface area contributed by atoms with Crippen molar-refractivity contribution in [3.05, 3.63) is 94.4 Å². The molecule has 2 aromatic heterocycles. The molecular weight excluding hydrogens is 542 g/mol. The Morgan fingerprint density at radius 1 is 1.00 bits per heavy atom. The second-order valence-electron chi connectivity index (χ2n) is 9.54. The molecule has 0 radical (unpaired) electrons. The average Bonchev–Trinajstić information content (AvgIpc) is 2.92. The molecule has 5 rings (SSSR count). The van der Waals surface area contributed by atoms with Crippen LogP contribution in [0.1, 0.15) is 21.5 Å². The number of hydrogen-bond donors (Lipinski definition) is 2. The van der Waals surface area contributed by atoms with Crippen molar-refractivity contribution in [2.75, 3.05) is 43.9 Å². The molecule has 8 nitrogen and oxygen atoms in total. The number of pyridine rings is 1.